The van der Waals surface area contributed by atoms with E-state index in [9.17, 15) is 10.1 Å². The van der Waals surface area contributed by atoms with Gasteiger partial charge in [0.2, 0.25) is 0 Å². The van der Waals surface area contributed by atoms with E-state index in [1.54, 1.807) is 12.1 Å². The summed E-state index contributed by atoms with van der Waals surface area (Å²) in [6, 6.07) is 4.86. The highest BCUT2D eigenvalue weighted by Gasteiger charge is 2.15. The van der Waals surface area contributed by atoms with Gasteiger partial charge in [0.25, 0.3) is 5.69 Å². The summed E-state index contributed by atoms with van der Waals surface area (Å²) in [7, 11) is 0. The lowest BCUT2D eigenvalue weighted by atomic mass is 10.1. The quantitative estimate of drug-likeness (QED) is 0.679. The zero-order valence-corrected chi connectivity index (χ0v) is 9.51. The summed E-state index contributed by atoms with van der Waals surface area (Å²) in [6.07, 6.45) is 0.278. The van der Waals surface area contributed by atoms with Crippen molar-refractivity contribution in [2.75, 3.05) is 0 Å². The second-order valence-electron chi connectivity index (χ2n) is 3.03. The molecule has 2 aromatic rings. The summed E-state index contributed by atoms with van der Waals surface area (Å²) in [5.41, 5.74) is 0.591. The Morgan fingerprint density at radius 1 is 1.50 bits per heavy atom. The third kappa shape index (κ3) is 2.22. The Kier molecular flexibility index (Phi) is 2.91. The molecule has 1 aromatic carbocycles. The number of aromatic nitrogens is 4. The monoisotopic (exact) mass is 283 g/mol. The SMILES string of the molecule is O=[N+]([O-])c1cc(Br)ccc1Cc1nn[nH]n1. The molecule has 0 atom stereocenters. The van der Waals surface area contributed by atoms with E-state index < -0.39 is 4.92 Å². The number of rotatable bonds is 3. The Morgan fingerprint density at radius 3 is 2.94 bits per heavy atom. The van der Waals surface area contributed by atoms with Crippen LogP contribution in [0.4, 0.5) is 5.69 Å². The Morgan fingerprint density at radius 2 is 2.31 bits per heavy atom. The molecule has 1 heterocycles. The van der Waals surface area contributed by atoms with Gasteiger partial charge < -0.3 is 0 Å². The number of nitrogens with zero attached hydrogens (tertiary/aromatic N) is 4. The van der Waals surface area contributed by atoms with Crippen molar-refractivity contribution in [1.29, 1.82) is 0 Å². The highest BCUT2D eigenvalue weighted by atomic mass is 79.9. The number of nitro benzene ring substituents is 1. The first-order chi connectivity index (χ1) is 7.66. The van der Waals surface area contributed by atoms with Crippen LogP contribution in [0.2, 0.25) is 0 Å². The van der Waals surface area contributed by atoms with Crippen LogP contribution in [0.5, 0.6) is 0 Å². The molecule has 0 aliphatic rings. The first-order valence-corrected chi connectivity index (χ1v) is 5.11. The second-order valence-corrected chi connectivity index (χ2v) is 3.95. The van der Waals surface area contributed by atoms with Gasteiger partial charge >= 0.3 is 0 Å². The van der Waals surface area contributed by atoms with Gasteiger partial charge in [-0.1, -0.05) is 27.2 Å². The number of tetrazole rings is 1. The molecule has 0 aliphatic heterocycles. The first-order valence-electron chi connectivity index (χ1n) is 4.32. The molecule has 0 radical (unpaired) electrons. The summed E-state index contributed by atoms with van der Waals surface area (Å²) in [4.78, 5) is 10.4. The van der Waals surface area contributed by atoms with E-state index in [2.05, 4.69) is 36.6 Å². The van der Waals surface area contributed by atoms with Crippen LogP contribution >= 0.6 is 15.9 Å². The van der Waals surface area contributed by atoms with Crippen LogP contribution < -0.4 is 0 Å². The van der Waals surface area contributed by atoms with E-state index in [1.165, 1.54) is 6.07 Å². The number of H-pyrrole nitrogens is 1. The number of benzene rings is 1. The topological polar surface area (TPSA) is 97.6 Å². The molecule has 0 spiro atoms. The van der Waals surface area contributed by atoms with Gasteiger partial charge in [-0.15, -0.1) is 10.2 Å². The molecule has 2 rings (SSSR count). The molecule has 1 N–H and O–H groups in total. The third-order valence-electron chi connectivity index (χ3n) is 1.98. The van der Waals surface area contributed by atoms with E-state index in [0.29, 0.717) is 15.9 Å². The Hall–Kier alpha value is -1.83. The Balaban J connectivity index is 2.36. The van der Waals surface area contributed by atoms with Crippen molar-refractivity contribution in [3.8, 4) is 0 Å². The van der Waals surface area contributed by atoms with Crippen molar-refractivity contribution in [2.45, 2.75) is 6.42 Å². The van der Waals surface area contributed by atoms with Gasteiger partial charge in [-0.3, -0.25) is 10.1 Å². The predicted molar refractivity (Wildman–Crippen MR) is 57.8 cm³/mol. The molecule has 7 nitrogen and oxygen atoms in total. The lowest BCUT2D eigenvalue weighted by Crippen LogP contribution is -1.98. The van der Waals surface area contributed by atoms with Crippen LogP contribution in [0.25, 0.3) is 0 Å². The van der Waals surface area contributed by atoms with Crippen molar-refractivity contribution in [3.05, 3.63) is 44.2 Å². The third-order valence-corrected chi connectivity index (χ3v) is 2.48. The summed E-state index contributed by atoms with van der Waals surface area (Å²) in [5, 5.41) is 24.0. The van der Waals surface area contributed by atoms with Gasteiger partial charge in [-0.25, -0.2) is 0 Å². The standard InChI is InChI=1S/C8H6BrN5O2/c9-6-2-1-5(7(4-6)14(15)16)3-8-10-12-13-11-8/h1-2,4H,3H2,(H,10,11,12,13). The fourth-order valence-electron chi connectivity index (χ4n) is 1.28. The van der Waals surface area contributed by atoms with Crippen LogP contribution in [0.15, 0.2) is 22.7 Å². The van der Waals surface area contributed by atoms with Crippen LogP contribution in [-0.2, 0) is 6.42 Å². The number of aromatic amines is 1. The predicted octanol–water partition coefficient (Wildman–Crippen LogP) is 1.46. The molecule has 0 fully saturated rings. The lowest BCUT2D eigenvalue weighted by Gasteiger charge is -2.00. The zero-order chi connectivity index (χ0) is 11.5. The van der Waals surface area contributed by atoms with Gasteiger partial charge in [0.15, 0.2) is 5.82 Å². The van der Waals surface area contributed by atoms with E-state index in [-0.39, 0.29) is 12.1 Å². The van der Waals surface area contributed by atoms with Crippen molar-refractivity contribution >= 4 is 21.6 Å². The Labute approximate surface area is 98.1 Å². The largest absolute Gasteiger partial charge is 0.274 e. The van der Waals surface area contributed by atoms with Gasteiger partial charge in [0.1, 0.15) is 0 Å². The number of nitro groups is 1. The smallest absolute Gasteiger partial charge is 0.258 e. The molecule has 0 unspecified atom stereocenters. The summed E-state index contributed by atoms with van der Waals surface area (Å²) in [6.45, 7) is 0. The maximum atomic E-state index is 10.8. The second kappa shape index (κ2) is 4.35. The van der Waals surface area contributed by atoms with Gasteiger partial charge in [0, 0.05) is 22.5 Å². The van der Waals surface area contributed by atoms with Crippen molar-refractivity contribution in [1.82, 2.24) is 20.6 Å². The highest BCUT2D eigenvalue weighted by Crippen LogP contribution is 2.24. The molecule has 82 valence electrons. The molecular weight excluding hydrogens is 278 g/mol. The van der Waals surface area contributed by atoms with Crippen molar-refractivity contribution < 1.29 is 4.92 Å². The van der Waals surface area contributed by atoms with E-state index >= 15 is 0 Å². The normalized spacial score (nSPS) is 10.3. The van der Waals surface area contributed by atoms with E-state index in [1.807, 2.05) is 0 Å². The molecule has 0 bridgehead atoms. The number of hydrogen-bond acceptors (Lipinski definition) is 5. The van der Waals surface area contributed by atoms with E-state index in [4.69, 9.17) is 0 Å². The molecule has 0 saturated carbocycles. The lowest BCUT2D eigenvalue weighted by molar-refractivity contribution is -0.385. The molecule has 8 heteroatoms. The van der Waals surface area contributed by atoms with Crippen LogP contribution in [0.3, 0.4) is 0 Å². The minimum atomic E-state index is -0.430. The first kappa shape index (κ1) is 10.7. The molecular formula is C8H6BrN5O2. The molecule has 0 saturated heterocycles. The summed E-state index contributed by atoms with van der Waals surface area (Å²) < 4.78 is 0.663. The number of halogens is 1. The Bertz CT molecular complexity index is 513. The van der Waals surface area contributed by atoms with Crippen LogP contribution in [-0.4, -0.2) is 25.5 Å². The zero-order valence-electron chi connectivity index (χ0n) is 7.92. The maximum Gasteiger partial charge on any atom is 0.274 e. The van der Waals surface area contributed by atoms with Crippen LogP contribution in [0, 0.1) is 10.1 Å². The van der Waals surface area contributed by atoms with Crippen molar-refractivity contribution in [2.24, 2.45) is 0 Å². The number of hydrogen-bond donors (Lipinski definition) is 1. The fraction of sp³-hybridized carbons (Fsp3) is 0.125. The molecule has 16 heavy (non-hydrogen) atoms. The number of nitrogens with one attached hydrogen (secondary N) is 1. The molecule has 1 aromatic heterocycles. The minimum Gasteiger partial charge on any atom is -0.258 e. The summed E-state index contributed by atoms with van der Waals surface area (Å²) >= 11 is 3.19. The molecule has 0 amide bonds. The van der Waals surface area contributed by atoms with Crippen LogP contribution in [0.1, 0.15) is 11.4 Å². The highest BCUT2D eigenvalue weighted by molar-refractivity contribution is 9.10. The maximum absolute atomic E-state index is 10.8. The van der Waals surface area contributed by atoms with Gasteiger partial charge in [-0.2, -0.15) is 5.21 Å². The van der Waals surface area contributed by atoms with Gasteiger partial charge in [0.05, 0.1) is 4.92 Å². The summed E-state index contributed by atoms with van der Waals surface area (Å²) in [5.74, 6) is 0.422. The van der Waals surface area contributed by atoms with Crippen molar-refractivity contribution in [3.63, 3.8) is 0 Å². The van der Waals surface area contributed by atoms with E-state index in [0.717, 1.165) is 0 Å². The molecule has 0 aliphatic carbocycles. The average Bonchev–Trinajstić information content (AvgIpc) is 2.73. The average molecular weight is 284 g/mol. The minimum absolute atomic E-state index is 0.0409. The van der Waals surface area contributed by atoms with Gasteiger partial charge in [-0.05, 0) is 6.07 Å². The fourth-order valence-corrected chi connectivity index (χ4v) is 1.63.